The summed E-state index contributed by atoms with van der Waals surface area (Å²) in [5.41, 5.74) is 7.26. The van der Waals surface area contributed by atoms with Crippen molar-refractivity contribution in [2.45, 2.75) is 25.7 Å². The van der Waals surface area contributed by atoms with Gasteiger partial charge in [0.1, 0.15) is 5.00 Å². The highest BCUT2D eigenvalue weighted by atomic mass is 32.1. The molecule has 0 bridgehead atoms. The van der Waals surface area contributed by atoms with Gasteiger partial charge in [0.2, 0.25) is 0 Å². The maximum atomic E-state index is 10.9. The first-order valence-electron chi connectivity index (χ1n) is 6.32. The van der Waals surface area contributed by atoms with Crippen molar-refractivity contribution in [2.24, 2.45) is 0 Å². The number of hydrogen-bond donors (Lipinski definition) is 2. The van der Waals surface area contributed by atoms with E-state index in [4.69, 9.17) is 10.8 Å². The molecule has 0 unspecified atom stereocenters. The molecule has 1 heterocycles. The molecule has 1 aromatic heterocycles. The molecule has 2 aromatic rings. The van der Waals surface area contributed by atoms with Crippen LogP contribution in [0.15, 0.2) is 36.4 Å². The Morgan fingerprint density at radius 2 is 1.84 bits per heavy atom. The molecule has 19 heavy (non-hydrogen) atoms. The fourth-order valence-electron chi connectivity index (χ4n) is 2.02. The lowest BCUT2D eigenvalue weighted by Crippen LogP contribution is -1.97. The Morgan fingerprint density at radius 1 is 1.16 bits per heavy atom. The molecule has 0 saturated heterocycles. The van der Waals surface area contributed by atoms with E-state index in [0.717, 1.165) is 30.6 Å². The molecule has 0 saturated carbocycles. The topological polar surface area (TPSA) is 63.3 Å². The van der Waals surface area contributed by atoms with Gasteiger partial charge in [-0.3, -0.25) is 0 Å². The van der Waals surface area contributed by atoms with Gasteiger partial charge in [-0.25, -0.2) is 4.79 Å². The van der Waals surface area contributed by atoms with E-state index in [-0.39, 0.29) is 5.56 Å². The van der Waals surface area contributed by atoms with Crippen LogP contribution in [0.4, 0.5) is 5.00 Å². The zero-order valence-corrected chi connectivity index (χ0v) is 11.5. The predicted octanol–water partition coefficient (Wildman–Crippen LogP) is 3.59. The first-order chi connectivity index (χ1) is 9.16. The van der Waals surface area contributed by atoms with E-state index >= 15 is 0 Å². The van der Waals surface area contributed by atoms with Gasteiger partial charge in [0.25, 0.3) is 0 Å². The van der Waals surface area contributed by atoms with Crippen LogP contribution < -0.4 is 5.73 Å². The van der Waals surface area contributed by atoms with E-state index in [9.17, 15) is 4.79 Å². The summed E-state index contributed by atoms with van der Waals surface area (Å²) in [5, 5.41) is 9.33. The van der Waals surface area contributed by atoms with Crippen molar-refractivity contribution in [3.8, 4) is 0 Å². The number of nitrogens with two attached hydrogens (primary N) is 1. The third kappa shape index (κ3) is 3.83. The van der Waals surface area contributed by atoms with Crippen LogP contribution in [0, 0.1) is 0 Å². The smallest absolute Gasteiger partial charge is 0.338 e. The number of carboxylic acids is 1. The SMILES string of the molecule is Nc1sc(CCCCc2ccccc2)cc1C(=O)O. The Morgan fingerprint density at radius 3 is 2.47 bits per heavy atom. The van der Waals surface area contributed by atoms with Crippen LogP contribution in [0.3, 0.4) is 0 Å². The molecule has 1 aromatic carbocycles. The quantitative estimate of drug-likeness (QED) is 0.792. The van der Waals surface area contributed by atoms with Gasteiger partial charge in [-0.05, 0) is 37.3 Å². The summed E-state index contributed by atoms with van der Waals surface area (Å²) in [6.45, 7) is 0. The molecule has 100 valence electrons. The molecule has 3 N–H and O–H groups in total. The first kappa shape index (κ1) is 13.6. The summed E-state index contributed by atoms with van der Waals surface area (Å²) < 4.78 is 0. The summed E-state index contributed by atoms with van der Waals surface area (Å²) in [4.78, 5) is 11.9. The maximum absolute atomic E-state index is 10.9. The van der Waals surface area contributed by atoms with Gasteiger partial charge in [-0.15, -0.1) is 11.3 Å². The predicted molar refractivity (Wildman–Crippen MR) is 78.8 cm³/mol. The van der Waals surface area contributed by atoms with Gasteiger partial charge in [0.15, 0.2) is 0 Å². The highest BCUT2D eigenvalue weighted by Gasteiger charge is 2.12. The molecular formula is C15H17NO2S. The number of nitrogen functional groups attached to an aromatic ring is 1. The summed E-state index contributed by atoms with van der Waals surface area (Å²) in [6.07, 6.45) is 4.11. The number of aryl methyl sites for hydroxylation is 2. The summed E-state index contributed by atoms with van der Waals surface area (Å²) >= 11 is 1.39. The molecule has 0 spiro atoms. The Kier molecular flexibility index (Phi) is 4.58. The molecular weight excluding hydrogens is 258 g/mol. The number of anilines is 1. The first-order valence-corrected chi connectivity index (χ1v) is 7.14. The average Bonchev–Trinajstić information content (AvgIpc) is 2.77. The van der Waals surface area contributed by atoms with Crippen LogP contribution in [0.1, 0.15) is 33.6 Å². The third-order valence-electron chi connectivity index (χ3n) is 3.02. The molecule has 0 fully saturated rings. The van der Waals surface area contributed by atoms with Crippen LogP contribution in [0.2, 0.25) is 0 Å². The van der Waals surface area contributed by atoms with Gasteiger partial charge in [0, 0.05) is 4.88 Å². The summed E-state index contributed by atoms with van der Waals surface area (Å²) in [7, 11) is 0. The number of benzene rings is 1. The van der Waals surface area contributed by atoms with Crippen molar-refractivity contribution in [2.75, 3.05) is 5.73 Å². The van der Waals surface area contributed by atoms with E-state index in [1.54, 1.807) is 6.07 Å². The van der Waals surface area contributed by atoms with Gasteiger partial charge in [-0.2, -0.15) is 0 Å². The number of hydrogen-bond acceptors (Lipinski definition) is 3. The van der Waals surface area contributed by atoms with E-state index in [1.807, 2.05) is 6.07 Å². The minimum atomic E-state index is -0.940. The van der Waals surface area contributed by atoms with Gasteiger partial charge >= 0.3 is 5.97 Å². The number of unbranched alkanes of at least 4 members (excludes halogenated alkanes) is 1. The molecule has 0 radical (unpaired) electrons. The standard InChI is InChI=1S/C15H17NO2S/c16-14-13(15(17)18)10-12(19-14)9-5-4-8-11-6-2-1-3-7-11/h1-3,6-7,10H,4-5,8-9,16H2,(H,17,18). The van der Waals surface area contributed by atoms with Crippen LogP contribution in [0.5, 0.6) is 0 Å². The van der Waals surface area contributed by atoms with E-state index in [1.165, 1.54) is 16.9 Å². The normalized spacial score (nSPS) is 10.5. The highest BCUT2D eigenvalue weighted by Crippen LogP contribution is 2.26. The number of thiophene rings is 1. The molecule has 2 rings (SSSR count). The fourth-order valence-corrected chi connectivity index (χ4v) is 2.98. The minimum Gasteiger partial charge on any atom is -0.478 e. The van der Waals surface area contributed by atoms with Crippen LogP contribution in [0.25, 0.3) is 0 Å². The van der Waals surface area contributed by atoms with Crippen molar-refractivity contribution >= 4 is 22.3 Å². The van der Waals surface area contributed by atoms with Crippen LogP contribution in [-0.2, 0) is 12.8 Å². The van der Waals surface area contributed by atoms with Crippen molar-refractivity contribution in [3.05, 3.63) is 52.4 Å². The lowest BCUT2D eigenvalue weighted by molar-refractivity contribution is 0.0698. The Hall–Kier alpha value is -1.81. The van der Waals surface area contributed by atoms with E-state index < -0.39 is 5.97 Å². The summed E-state index contributed by atoms with van der Waals surface area (Å²) in [5.74, 6) is -0.940. The molecule has 0 aliphatic heterocycles. The van der Waals surface area contributed by atoms with E-state index in [0.29, 0.717) is 5.00 Å². The molecule has 4 heteroatoms. The average molecular weight is 275 g/mol. The monoisotopic (exact) mass is 275 g/mol. The number of aromatic carboxylic acids is 1. The maximum Gasteiger partial charge on any atom is 0.338 e. The third-order valence-corrected chi connectivity index (χ3v) is 4.05. The molecule has 0 amide bonds. The Bertz CT molecular complexity index is 549. The van der Waals surface area contributed by atoms with Gasteiger partial charge in [0.05, 0.1) is 5.56 Å². The number of carbonyl (C=O) groups is 1. The lowest BCUT2D eigenvalue weighted by atomic mass is 10.1. The second-order valence-corrected chi connectivity index (χ2v) is 5.66. The van der Waals surface area contributed by atoms with Crippen LogP contribution >= 0.6 is 11.3 Å². The van der Waals surface area contributed by atoms with Crippen LogP contribution in [-0.4, -0.2) is 11.1 Å². The second kappa shape index (κ2) is 6.38. The lowest BCUT2D eigenvalue weighted by Gasteiger charge is -2.00. The molecule has 3 nitrogen and oxygen atoms in total. The van der Waals surface area contributed by atoms with Crippen molar-refractivity contribution in [1.29, 1.82) is 0 Å². The summed E-state index contributed by atoms with van der Waals surface area (Å²) in [6, 6.07) is 12.1. The van der Waals surface area contributed by atoms with Crippen molar-refractivity contribution < 1.29 is 9.90 Å². The Balaban J connectivity index is 1.80. The number of carboxylic acid groups (broad SMARTS) is 1. The van der Waals surface area contributed by atoms with Gasteiger partial charge in [-0.1, -0.05) is 30.3 Å². The van der Waals surface area contributed by atoms with E-state index in [2.05, 4.69) is 24.3 Å². The largest absolute Gasteiger partial charge is 0.478 e. The molecule has 0 aliphatic carbocycles. The number of rotatable bonds is 6. The highest BCUT2D eigenvalue weighted by molar-refractivity contribution is 7.16. The molecule has 0 aliphatic rings. The fraction of sp³-hybridized carbons (Fsp3) is 0.267. The second-order valence-electron chi connectivity index (χ2n) is 4.49. The van der Waals surface area contributed by atoms with Crippen molar-refractivity contribution in [1.82, 2.24) is 0 Å². The molecule has 0 atom stereocenters. The zero-order valence-electron chi connectivity index (χ0n) is 10.6. The Labute approximate surface area is 116 Å². The van der Waals surface area contributed by atoms with Gasteiger partial charge < -0.3 is 10.8 Å². The minimum absolute atomic E-state index is 0.239. The zero-order chi connectivity index (χ0) is 13.7. The van der Waals surface area contributed by atoms with Crippen molar-refractivity contribution in [3.63, 3.8) is 0 Å².